The Morgan fingerprint density at radius 3 is 2.39 bits per heavy atom. The van der Waals surface area contributed by atoms with E-state index in [9.17, 15) is 4.79 Å². The van der Waals surface area contributed by atoms with Gasteiger partial charge in [-0.3, -0.25) is 4.79 Å². The molecule has 0 bridgehead atoms. The predicted octanol–water partition coefficient (Wildman–Crippen LogP) is 6.15. The zero-order valence-corrected chi connectivity index (χ0v) is 19.3. The molecule has 4 rings (SSSR count). The molecule has 3 aromatic carbocycles. The maximum Gasteiger partial charge on any atom is 0.244 e. The topological polar surface area (TPSA) is 60.7 Å². The summed E-state index contributed by atoms with van der Waals surface area (Å²) in [6.45, 7) is 4.40. The van der Waals surface area contributed by atoms with E-state index >= 15 is 0 Å². The summed E-state index contributed by atoms with van der Waals surface area (Å²) in [5, 5.41) is 3.91. The van der Waals surface area contributed by atoms with Gasteiger partial charge in [0.1, 0.15) is 17.1 Å². The lowest BCUT2D eigenvalue weighted by atomic mass is 9.99. The number of fused-ring (bicyclic) bond motifs is 1. The molecule has 5 nitrogen and oxygen atoms in total. The Labute approximate surface area is 193 Å². The third kappa shape index (κ3) is 4.93. The van der Waals surface area contributed by atoms with Gasteiger partial charge in [-0.25, -0.2) is 0 Å². The van der Waals surface area contributed by atoms with Gasteiger partial charge in [-0.05, 0) is 48.7 Å². The maximum atomic E-state index is 12.6. The number of ether oxygens (including phenoxy) is 2. The first-order valence-electron chi connectivity index (χ1n) is 10.7. The Kier molecular flexibility index (Phi) is 6.50. The standard InChI is InChI=1S/C28H27NO4/c1-18-5-9-21(10-6-18)25-17-33-27-15-26(32-4)23(14-24(25)27)19(2)13-28(30)29-16-20-7-11-22(31-3)12-8-20/h5-15,17H,16H2,1-4H3,(H,29,30)/b19-13+. The molecular formula is C28H27NO4. The zero-order chi connectivity index (χ0) is 23.4. The Hall–Kier alpha value is -3.99. The number of rotatable bonds is 7. The molecule has 0 saturated heterocycles. The maximum absolute atomic E-state index is 12.6. The van der Waals surface area contributed by atoms with Crippen molar-refractivity contribution in [1.29, 1.82) is 0 Å². The van der Waals surface area contributed by atoms with Crippen LogP contribution >= 0.6 is 0 Å². The van der Waals surface area contributed by atoms with Crippen molar-refractivity contribution >= 4 is 22.4 Å². The van der Waals surface area contributed by atoms with Crippen LogP contribution in [0.15, 0.2) is 77.4 Å². The van der Waals surface area contributed by atoms with Gasteiger partial charge in [-0.1, -0.05) is 42.0 Å². The Morgan fingerprint density at radius 1 is 1.00 bits per heavy atom. The number of hydrogen-bond acceptors (Lipinski definition) is 4. The van der Waals surface area contributed by atoms with Crippen LogP contribution in [0.5, 0.6) is 11.5 Å². The van der Waals surface area contributed by atoms with Gasteiger partial charge in [-0.2, -0.15) is 0 Å². The van der Waals surface area contributed by atoms with Gasteiger partial charge in [-0.15, -0.1) is 0 Å². The number of carbonyl (C=O) groups is 1. The van der Waals surface area contributed by atoms with Crippen LogP contribution in [-0.2, 0) is 11.3 Å². The third-order valence-corrected chi connectivity index (χ3v) is 5.66. The van der Waals surface area contributed by atoms with Gasteiger partial charge in [0.2, 0.25) is 5.91 Å². The normalized spacial score (nSPS) is 11.5. The summed E-state index contributed by atoms with van der Waals surface area (Å²) in [6.07, 6.45) is 3.36. The highest BCUT2D eigenvalue weighted by atomic mass is 16.5. The molecular weight excluding hydrogens is 414 g/mol. The largest absolute Gasteiger partial charge is 0.497 e. The van der Waals surface area contributed by atoms with E-state index in [1.807, 2.05) is 43.3 Å². The molecule has 0 unspecified atom stereocenters. The summed E-state index contributed by atoms with van der Waals surface area (Å²) in [5.41, 5.74) is 6.67. The molecule has 1 heterocycles. The molecule has 0 spiro atoms. The van der Waals surface area contributed by atoms with Crippen LogP contribution in [0.3, 0.4) is 0 Å². The number of nitrogens with one attached hydrogen (secondary N) is 1. The van der Waals surface area contributed by atoms with Crippen LogP contribution in [0.1, 0.15) is 23.6 Å². The predicted molar refractivity (Wildman–Crippen MR) is 131 cm³/mol. The smallest absolute Gasteiger partial charge is 0.244 e. The number of aryl methyl sites for hydroxylation is 1. The molecule has 1 amide bonds. The molecule has 0 fully saturated rings. The average molecular weight is 442 g/mol. The van der Waals surface area contributed by atoms with E-state index in [-0.39, 0.29) is 5.91 Å². The van der Waals surface area contributed by atoms with Crippen molar-refractivity contribution in [3.63, 3.8) is 0 Å². The Bertz CT molecular complexity index is 1300. The molecule has 1 N–H and O–H groups in total. The van der Waals surface area contributed by atoms with E-state index < -0.39 is 0 Å². The quantitative estimate of drug-likeness (QED) is 0.350. The molecule has 0 aliphatic heterocycles. The lowest BCUT2D eigenvalue weighted by Gasteiger charge is -2.10. The second kappa shape index (κ2) is 9.65. The first kappa shape index (κ1) is 22.2. The molecule has 5 heteroatoms. The molecule has 1 aromatic heterocycles. The second-order valence-electron chi connectivity index (χ2n) is 7.96. The number of carbonyl (C=O) groups excluding carboxylic acids is 1. The van der Waals surface area contributed by atoms with Gasteiger partial charge >= 0.3 is 0 Å². The fraction of sp³-hybridized carbons (Fsp3) is 0.179. The van der Waals surface area contributed by atoms with Crippen molar-refractivity contribution in [3.8, 4) is 22.6 Å². The second-order valence-corrected chi connectivity index (χ2v) is 7.96. The van der Waals surface area contributed by atoms with Crippen LogP contribution in [0.2, 0.25) is 0 Å². The van der Waals surface area contributed by atoms with Crippen LogP contribution < -0.4 is 14.8 Å². The summed E-state index contributed by atoms with van der Waals surface area (Å²) < 4.78 is 16.6. The number of hydrogen-bond donors (Lipinski definition) is 1. The molecule has 168 valence electrons. The van der Waals surface area contributed by atoms with E-state index in [0.717, 1.165) is 44.5 Å². The lowest BCUT2D eigenvalue weighted by molar-refractivity contribution is -0.116. The SMILES string of the molecule is COc1ccc(CNC(=O)/C=C(\C)c2cc3c(-c4ccc(C)cc4)coc3cc2OC)cc1. The highest BCUT2D eigenvalue weighted by molar-refractivity contribution is 6.00. The number of methoxy groups -OCH3 is 2. The van der Waals surface area contributed by atoms with Gasteiger partial charge in [0, 0.05) is 35.2 Å². The molecule has 0 saturated carbocycles. The fourth-order valence-corrected chi connectivity index (χ4v) is 3.75. The highest BCUT2D eigenvalue weighted by Gasteiger charge is 2.15. The summed E-state index contributed by atoms with van der Waals surface area (Å²) in [5.74, 6) is 1.27. The fourth-order valence-electron chi connectivity index (χ4n) is 3.75. The minimum absolute atomic E-state index is 0.170. The van der Waals surface area contributed by atoms with Gasteiger partial charge in [0.15, 0.2) is 0 Å². The van der Waals surface area contributed by atoms with E-state index in [1.165, 1.54) is 5.56 Å². The van der Waals surface area contributed by atoms with E-state index in [4.69, 9.17) is 13.9 Å². The van der Waals surface area contributed by atoms with E-state index in [2.05, 4.69) is 36.5 Å². The van der Waals surface area contributed by atoms with E-state index in [1.54, 1.807) is 26.6 Å². The first-order chi connectivity index (χ1) is 16.0. The van der Waals surface area contributed by atoms with Gasteiger partial charge < -0.3 is 19.2 Å². The van der Waals surface area contributed by atoms with Crippen molar-refractivity contribution in [3.05, 3.63) is 89.7 Å². The van der Waals surface area contributed by atoms with E-state index in [0.29, 0.717) is 12.3 Å². The van der Waals surface area contributed by atoms with Crippen molar-refractivity contribution in [2.45, 2.75) is 20.4 Å². The Morgan fingerprint density at radius 2 is 1.73 bits per heavy atom. The number of amides is 1. The minimum Gasteiger partial charge on any atom is -0.497 e. The number of furan rings is 1. The number of benzene rings is 3. The summed E-state index contributed by atoms with van der Waals surface area (Å²) in [7, 11) is 3.24. The highest BCUT2D eigenvalue weighted by Crippen LogP contribution is 2.37. The van der Waals surface area contributed by atoms with Crippen LogP contribution in [0.4, 0.5) is 0 Å². The lowest BCUT2D eigenvalue weighted by Crippen LogP contribution is -2.20. The van der Waals surface area contributed by atoms with Gasteiger partial charge in [0.05, 0.1) is 20.5 Å². The van der Waals surface area contributed by atoms with Crippen LogP contribution in [0.25, 0.3) is 27.7 Å². The van der Waals surface area contributed by atoms with Crippen molar-refractivity contribution in [1.82, 2.24) is 5.32 Å². The summed E-state index contributed by atoms with van der Waals surface area (Å²) in [4.78, 5) is 12.6. The molecule has 4 aromatic rings. The molecule has 0 aliphatic carbocycles. The van der Waals surface area contributed by atoms with Gasteiger partial charge in [0.25, 0.3) is 0 Å². The Balaban J connectivity index is 1.59. The molecule has 0 radical (unpaired) electrons. The molecule has 0 aliphatic rings. The van der Waals surface area contributed by atoms with Crippen LogP contribution in [0, 0.1) is 6.92 Å². The summed E-state index contributed by atoms with van der Waals surface area (Å²) in [6, 6.07) is 19.8. The summed E-state index contributed by atoms with van der Waals surface area (Å²) >= 11 is 0. The average Bonchev–Trinajstić information content (AvgIpc) is 3.25. The van der Waals surface area contributed by atoms with Crippen LogP contribution in [-0.4, -0.2) is 20.1 Å². The van der Waals surface area contributed by atoms with Crippen molar-refractivity contribution in [2.24, 2.45) is 0 Å². The third-order valence-electron chi connectivity index (χ3n) is 5.66. The number of allylic oxidation sites excluding steroid dienone is 1. The minimum atomic E-state index is -0.170. The first-order valence-corrected chi connectivity index (χ1v) is 10.7. The van der Waals surface area contributed by atoms with Crippen molar-refractivity contribution in [2.75, 3.05) is 14.2 Å². The molecule has 33 heavy (non-hydrogen) atoms. The van der Waals surface area contributed by atoms with Crippen molar-refractivity contribution < 1.29 is 18.7 Å². The molecule has 0 atom stereocenters. The monoisotopic (exact) mass is 441 g/mol. The zero-order valence-electron chi connectivity index (χ0n) is 19.3.